The van der Waals surface area contributed by atoms with Gasteiger partial charge in [-0.25, -0.2) is 0 Å². The molecule has 2 aliphatic rings. The first-order valence-corrected chi connectivity index (χ1v) is 7.64. The molecular weight excluding hydrogens is 236 g/mol. The lowest BCUT2D eigenvalue weighted by Crippen LogP contribution is -2.53. The highest BCUT2D eigenvalue weighted by Gasteiger charge is 2.45. The van der Waals surface area contributed by atoms with Gasteiger partial charge < -0.3 is 11.1 Å². The van der Waals surface area contributed by atoms with Crippen LogP contribution < -0.4 is 11.1 Å². The quantitative estimate of drug-likeness (QED) is 0.753. The number of carbonyl (C=O) groups is 1. The molecule has 0 aromatic carbocycles. The fraction of sp³-hybridized carbons (Fsp3) is 0.812. The van der Waals surface area contributed by atoms with Crippen LogP contribution in [0, 0.1) is 17.3 Å². The van der Waals surface area contributed by atoms with Crippen molar-refractivity contribution in [2.75, 3.05) is 0 Å². The van der Waals surface area contributed by atoms with Gasteiger partial charge in [-0.1, -0.05) is 32.9 Å². The zero-order valence-electron chi connectivity index (χ0n) is 12.5. The second-order valence-electron chi connectivity index (χ2n) is 6.89. The lowest BCUT2D eigenvalue weighted by atomic mass is 9.61. The normalized spacial score (nSPS) is 37.9. The molecular formula is C16H28N2O. The first kappa shape index (κ1) is 14.6. The van der Waals surface area contributed by atoms with Gasteiger partial charge >= 0.3 is 0 Å². The molecule has 3 N–H and O–H groups in total. The second kappa shape index (κ2) is 5.66. The van der Waals surface area contributed by atoms with Crippen molar-refractivity contribution in [3.8, 4) is 0 Å². The molecule has 0 spiro atoms. The number of rotatable bonds is 2. The highest BCUT2D eigenvalue weighted by Crippen LogP contribution is 2.44. The number of amides is 1. The minimum atomic E-state index is -0.00768. The van der Waals surface area contributed by atoms with E-state index in [9.17, 15) is 4.79 Å². The van der Waals surface area contributed by atoms with Crippen molar-refractivity contribution in [2.24, 2.45) is 23.0 Å². The number of carbonyl (C=O) groups excluding carboxylic acids is 1. The maximum Gasteiger partial charge on any atom is 0.223 e. The van der Waals surface area contributed by atoms with Crippen LogP contribution in [0.1, 0.15) is 52.9 Å². The number of nitrogens with one attached hydrogen (secondary N) is 1. The summed E-state index contributed by atoms with van der Waals surface area (Å²) >= 11 is 0. The van der Waals surface area contributed by atoms with Crippen molar-refractivity contribution in [1.29, 1.82) is 0 Å². The predicted octanol–water partition coefficient (Wildman–Crippen LogP) is 2.61. The van der Waals surface area contributed by atoms with E-state index >= 15 is 0 Å². The van der Waals surface area contributed by atoms with Crippen molar-refractivity contribution in [2.45, 2.75) is 65.0 Å². The number of allylic oxidation sites excluding steroid dienone is 1. The molecule has 0 aromatic rings. The van der Waals surface area contributed by atoms with E-state index < -0.39 is 0 Å². The Balaban J connectivity index is 2.00. The Bertz CT molecular complexity index is 362. The van der Waals surface area contributed by atoms with E-state index in [1.54, 1.807) is 0 Å². The highest BCUT2D eigenvalue weighted by atomic mass is 16.2. The monoisotopic (exact) mass is 264 g/mol. The SMILES string of the molecule is CC1C(N)CCC(C(=O)NC2CC=CCC2)C1(C)C. The molecule has 1 amide bonds. The largest absolute Gasteiger partial charge is 0.353 e. The van der Waals surface area contributed by atoms with Crippen LogP contribution in [0.25, 0.3) is 0 Å². The summed E-state index contributed by atoms with van der Waals surface area (Å²) in [5.74, 6) is 0.737. The molecule has 19 heavy (non-hydrogen) atoms. The van der Waals surface area contributed by atoms with Gasteiger partial charge in [0.25, 0.3) is 0 Å². The molecule has 0 heterocycles. The smallest absolute Gasteiger partial charge is 0.223 e. The van der Waals surface area contributed by atoms with Gasteiger partial charge in [0.2, 0.25) is 5.91 Å². The Morgan fingerprint density at radius 3 is 2.63 bits per heavy atom. The van der Waals surface area contributed by atoms with E-state index in [-0.39, 0.29) is 23.3 Å². The second-order valence-corrected chi connectivity index (χ2v) is 6.89. The van der Waals surface area contributed by atoms with E-state index in [0.717, 1.165) is 32.1 Å². The van der Waals surface area contributed by atoms with Crippen LogP contribution in [0.4, 0.5) is 0 Å². The van der Waals surface area contributed by atoms with E-state index in [2.05, 4.69) is 38.2 Å². The van der Waals surface area contributed by atoms with Gasteiger partial charge in [-0.3, -0.25) is 4.79 Å². The third kappa shape index (κ3) is 3.02. The van der Waals surface area contributed by atoms with E-state index in [1.165, 1.54) is 0 Å². The fourth-order valence-corrected chi connectivity index (χ4v) is 3.55. The molecule has 0 radical (unpaired) electrons. The molecule has 0 bridgehead atoms. The minimum Gasteiger partial charge on any atom is -0.353 e. The Labute approximate surface area is 117 Å². The lowest BCUT2D eigenvalue weighted by molar-refractivity contribution is -0.133. The zero-order valence-corrected chi connectivity index (χ0v) is 12.5. The third-order valence-corrected chi connectivity index (χ3v) is 5.43. The number of nitrogens with two attached hydrogens (primary N) is 1. The van der Waals surface area contributed by atoms with E-state index in [1.807, 2.05) is 0 Å². The lowest BCUT2D eigenvalue weighted by Gasteiger charge is -2.46. The van der Waals surface area contributed by atoms with Crippen LogP contribution in [0.3, 0.4) is 0 Å². The molecule has 0 aromatic heterocycles. The first-order valence-electron chi connectivity index (χ1n) is 7.64. The summed E-state index contributed by atoms with van der Waals surface area (Å²) in [4.78, 5) is 12.6. The van der Waals surface area contributed by atoms with Gasteiger partial charge in [-0.2, -0.15) is 0 Å². The summed E-state index contributed by atoms with van der Waals surface area (Å²) in [6.45, 7) is 6.58. The Kier molecular flexibility index (Phi) is 4.34. The summed E-state index contributed by atoms with van der Waals surface area (Å²) in [5.41, 5.74) is 6.15. The van der Waals surface area contributed by atoms with Crippen LogP contribution in [0.5, 0.6) is 0 Å². The number of hydrogen-bond acceptors (Lipinski definition) is 2. The minimum absolute atomic E-state index is 0.00768. The first-order chi connectivity index (χ1) is 8.93. The summed E-state index contributed by atoms with van der Waals surface area (Å²) in [7, 11) is 0. The summed E-state index contributed by atoms with van der Waals surface area (Å²) in [6, 6.07) is 0.566. The van der Waals surface area contributed by atoms with Crippen molar-refractivity contribution in [3.63, 3.8) is 0 Å². The van der Waals surface area contributed by atoms with Crippen LogP contribution >= 0.6 is 0 Å². The van der Waals surface area contributed by atoms with Crippen LogP contribution in [-0.4, -0.2) is 18.0 Å². The molecule has 4 atom stereocenters. The highest BCUT2D eigenvalue weighted by molar-refractivity contribution is 5.80. The molecule has 1 fully saturated rings. The molecule has 3 nitrogen and oxygen atoms in total. The van der Waals surface area contributed by atoms with Gasteiger partial charge in [-0.15, -0.1) is 0 Å². The fourth-order valence-electron chi connectivity index (χ4n) is 3.55. The van der Waals surface area contributed by atoms with Crippen LogP contribution in [0.2, 0.25) is 0 Å². The van der Waals surface area contributed by atoms with Crippen LogP contribution in [-0.2, 0) is 4.79 Å². The summed E-state index contributed by atoms with van der Waals surface area (Å²) in [6.07, 6.45) is 9.41. The van der Waals surface area contributed by atoms with Crippen molar-refractivity contribution >= 4 is 5.91 Å². The molecule has 108 valence electrons. The van der Waals surface area contributed by atoms with Gasteiger partial charge in [0.1, 0.15) is 0 Å². The van der Waals surface area contributed by atoms with Gasteiger partial charge in [-0.05, 0) is 43.4 Å². The molecule has 2 rings (SSSR count). The predicted molar refractivity (Wildman–Crippen MR) is 78.6 cm³/mol. The van der Waals surface area contributed by atoms with Gasteiger partial charge in [0, 0.05) is 18.0 Å². The van der Waals surface area contributed by atoms with Crippen molar-refractivity contribution in [1.82, 2.24) is 5.32 Å². The Hall–Kier alpha value is -0.830. The maximum absolute atomic E-state index is 12.6. The molecule has 0 saturated heterocycles. The summed E-state index contributed by atoms with van der Waals surface area (Å²) in [5, 5.41) is 3.25. The Morgan fingerprint density at radius 1 is 1.26 bits per heavy atom. The van der Waals surface area contributed by atoms with E-state index in [4.69, 9.17) is 5.73 Å². The average Bonchev–Trinajstić information content (AvgIpc) is 2.37. The maximum atomic E-state index is 12.6. The van der Waals surface area contributed by atoms with Crippen molar-refractivity contribution in [3.05, 3.63) is 12.2 Å². The van der Waals surface area contributed by atoms with Crippen LogP contribution in [0.15, 0.2) is 12.2 Å². The summed E-state index contributed by atoms with van der Waals surface area (Å²) < 4.78 is 0. The average molecular weight is 264 g/mol. The Morgan fingerprint density at radius 2 is 2.00 bits per heavy atom. The topological polar surface area (TPSA) is 55.1 Å². The molecule has 3 heteroatoms. The zero-order chi connectivity index (χ0) is 14.0. The molecule has 0 aliphatic heterocycles. The molecule has 2 aliphatic carbocycles. The van der Waals surface area contributed by atoms with Crippen molar-refractivity contribution < 1.29 is 4.79 Å². The van der Waals surface area contributed by atoms with E-state index in [0.29, 0.717) is 12.0 Å². The van der Waals surface area contributed by atoms with Gasteiger partial charge in [0.15, 0.2) is 0 Å². The third-order valence-electron chi connectivity index (χ3n) is 5.43. The molecule has 1 saturated carbocycles. The molecule has 4 unspecified atom stereocenters. The standard InChI is InChI=1S/C16H28N2O/c1-11-14(17)10-9-13(16(11,2)3)15(19)18-12-7-5-4-6-8-12/h4-5,11-14H,6-10,17H2,1-3H3,(H,18,19). The van der Waals surface area contributed by atoms with Gasteiger partial charge in [0.05, 0.1) is 0 Å². The number of hydrogen-bond donors (Lipinski definition) is 2.